The Bertz CT molecular complexity index is 699. The predicted molar refractivity (Wildman–Crippen MR) is 96.5 cm³/mol. The molecular formula is C19H21ClN2O2. The van der Waals surface area contributed by atoms with Gasteiger partial charge in [0.15, 0.2) is 0 Å². The second kappa shape index (κ2) is 8.18. The monoisotopic (exact) mass is 344 g/mol. The van der Waals surface area contributed by atoms with E-state index < -0.39 is 0 Å². The predicted octanol–water partition coefficient (Wildman–Crippen LogP) is 4.00. The smallest absolute Gasteiger partial charge is 0.226 e. The topological polar surface area (TPSA) is 50.4 Å². The van der Waals surface area contributed by atoms with Gasteiger partial charge in [-0.1, -0.05) is 35.9 Å². The van der Waals surface area contributed by atoms with Gasteiger partial charge in [-0.15, -0.1) is 0 Å². The summed E-state index contributed by atoms with van der Waals surface area (Å²) in [6, 6.07) is 15.3. The third-order valence-electron chi connectivity index (χ3n) is 4.04. The normalized spacial score (nSPS) is 16.8. The lowest BCUT2D eigenvalue weighted by atomic mass is 10.1. The van der Waals surface area contributed by atoms with Crippen LogP contribution in [0.1, 0.15) is 24.8 Å². The summed E-state index contributed by atoms with van der Waals surface area (Å²) in [4.78, 5) is 12.2. The minimum atomic E-state index is 0.00760. The lowest BCUT2D eigenvalue weighted by Gasteiger charge is -2.14. The molecule has 1 atom stereocenters. The van der Waals surface area contributed by atoms with Crippen molar-refractivity contribution in [2.75, 3.05) is 11.9 Å². The van der Waals surface area contributed by atoms with E-state index in [9.17, 15) is 4.79 Å². The molecule has 0 bridgehead atoms. The van der Waals surface area contributed by atoms with Gasteiger partial charge in [-0.3, -0.25) is 4.79 Å². The maximum Gasteiger partial charge on any atom is 0.226 e. The lowest BCUT2D eigenvalue weighted by molar-refractivity contribution is -0.116. The van der Waals surface area contributed by atoms with Crippen molar-refractivity contribution in [3.63, 3.8) is 0 Å². The summed E-state index contributed by atoms with van der Waals surface area (Å²) >= 11 is 5.99. The van der Waals surface area contributed by atoms with Gasteiger partial charge < -0.3 is 15.4 Å². The first kappa shape index (κ1) is 16.8. The number of nitrogens with one attached hydrogen (secondary N) is 2. The molecule has 0 aromatic heterocycles. The minimum absolute atomic E-state index is 0.00760. The summed E-state index contributed by atoms with van der Waals surface area (Å²) in [5.74, 6) is 0.665. The molecule has 0 radical (unpaired) electrons. The SMILES string of the molecule is O=C(CC1CCCN1)Nc1ccccc1OCc1cccc(Cl)c1. The van der Waals surface area contributed by atoms with Gasteiger partial charge in [0.1, 0.15) is 12.4 Å². The van der Waals surface area contributed by atoms with Gasteiger partial charge in [-0.2, -0.15) is 0 Å². The standard InChI is InChI=1S/C19H21ClN2O2/c20-15-6-3-5-14(11-15)13-24-18-9-2-1-8-17(18)22-19(23)12-16-7-4-10-21-16/h1-3,5-6,8-9,11,16,21H,4,7,10,12-13H2,(H,22,23). The summed E-state index contributed by atoms with van der Waals surface area (Å²) < 4.78 is 5.86. The van der Waals surface area contributed by atoms with Gasteiger partial charge in [0, 0.05) is 17.5 Å². The van der Waals surface area contributed by atoms with E-state index in [1.807, 2.05) is 48.5 Å². The fourth-order valence-corrected chi connectivity index (χ4v) is 3.05. The third-order valence-corrected chi connectivity index (χ3v) is 4.27. The van der Waals surface area contributed by atoms with Gasteiger partial charge >= 0.3 is 0 Å². The van der Waals surface area contributed by atoms with Gasteiger partial charge in [-0.05, 0) is 49.2 Å². The van der Waals surface area contributed by atoms with E-state index >= 15 is 0 Å². The van der Waals surface area contributed by atoms with Gasteiger partial charge in [0.05, 0.1) is 5.69 Å². The molecule has 1 amide bonds. The molecule has 1 unspecified atom stereocenters. The van der Waals surface area contributed by atoms with Crippen molar-refractivity contribution >= 4 is 23.2 Å². The van der Waals surface area contributed by atoms with Crippen LogP contribution in [0.2, 0.25) is 5.02 Å². The molecule has 2 aromatic carbocycles. The van der Waals surface area contributed by atoms with Crippen molar-refractivity contribution < 1.29 is 9.53 Å². The van der Waals surface area contributed by atoms with Crippen molar-refractivity contribution in [1.29, 1.82) is 0 Å². The van der Waals surface area contributed by atoms with Crippen molar-refractivity contribution in [2.24, 2.45) is 0 Å². The van der Waals surface area contributed by atoms with Crippen LogP contribution in [0.4, 0.5) is 5.69 Å². The van der Waals surface area contributed by atoms with E-state index in [0.717, 1.165) is 24.9 Å². The molecule has 1 fully saturated rings. The lowest BCUT2D eigenvalue weighted by Crippen LogP contribution is -2.27. The summed E-state index contributed by atoms with van der Waals surface area (Å²) in [6.07, 6.45) is 2.68. The first-order valence-electron chi connectivity index (χ1n) is 8.20. The van der Waals surface area contributed by atoms with Crippen LogP contribution in [0.15, 0.2) is 48.5 Å². The average Bonchev–Trinajstić information content (AvgIpc) is 3.07. The van der Waals surface area contributed by atoms with Crippen molar-refractivity contribution in [3.8, 4) is 5.75 Å². The van der Waals surface area contributed by atoms with E-state index in [1.54, 1.807) is 0 Å². The fraction of sp³-hybridized carbons (Fsp3) is 0.316. The van der Waals surface area contributed by atoms with Crippen molar-refractivity contribution in [1.82, 2.24) is 5.32 Å². The fourth-order valence-electron chi connectivity index (χ4n) is 2.84. The number of carbonyl (C=O) groups is 1. The highest BCUT2D eigenvalue weighted by Crippen LogP contribution is 2.25. The molecule has 0 saturated carbocycles. The zero-order chi connectivity index (χ0) is 16.8. The maximum absolute atomic E-state index is 12.2. The van der Waals surface area contributed by atoms with Crippen LogP contribution in [-0.2, 0) is 11.4 Å². The van der Waals surface area contributed by atoms with Crippen molar-refractivity contribution in [3.05, 3.63) is 59.1 Å². The third kappa shape index (κ3) is 4.73. The molecule has 3 rings (SSSR count). The molecule has 2 aromatic rings. The molecule has 24 heavy (non-hydrogen) atoms. The number of hydrogen-bond donors (Lipinski definition) is 2. The highest BCUT2D eigenvalue weighted by Gasteiger charge is 2.18. The Morgan fingerprint density at radius 3 is 2.92 bits per heavy atom. The zero-order valence-electron chi connectivity index (χ0n) is 13.4. The first-order chi connectivity index (χ1) is 11.7. The largest absolute Gasteiger partial charge is 0.487 e. The van der Waals surface area contributed by atoms with Crippen LogP contribution in [-0.4, -0.2) is 18.5 Å². The Labute approximate surface area is 147 Å². The Morgan fingerprint density at radius 2 is 2.12 bits per heavy atom. The van der Waals surface area contributed by atoms with Crippen LogP contribution in [0.25, 0.3) is 0 Å². The summed E-state index contributed by atoms with van der Waals surface area (Å²) in [5, 5.41) is 6.97. The zero-order valence-corrected chi connectivity index (χ0v) is 14.2. The highest BCUT2D eigenvalue weighted by molar-refractivity contribution is 6.30. The highest BCUT2D eigenvalue weighted by atomic mass is 35.5. The molecule has 0 aliphatic carbocycles. The second-order valence-corrected chi connectivity index (χ2v) is 6.40. The molecule has 0 spiro atoms. The summed E-state index contributed by atoms with van der Waals surface area (Å²) in [6.45, 7) is 1.40. The van der Waals surface area contributed by atoms with E-state index in [4.69, 9.17) is 16.3 Å². The second-order valence-electron chi connectivity index (χ2n) is 5.96. The van der Waals surface area contributed by atoms with Crippen LogP contribution in [0.3, 0.4) is 0 Å². The molecule has 5 heteroatoms. The maximum atomic E-state index is 12.2. The van der Waals surface area contributed by atoms with E-state index in [0.29, 0.717) is 29.5 Å². The minimum Gasteiger partial charge on any atom is -0.487 e. The molecule has 1 aliphatic heterocycles. The Morgan fingerprint density at radius 1 is 1.25 bits per heavy atom. The van der Waals surface area contributed by atoms with Crippen LogP contribution >= 0.6 is 11.6 Å². The average molecular weight is 345 g/mol. The molecule has 1 heterocycles. The summed E-state index contributed by atoms with van der Waals surface area (Å²) in [7, 11) is 0. The number of anilines is 1. The number of halogens is 1. The number of hydrogen-bond acceptors (Lipinski definition) is 3. The number of benzene rings is 2. The van der Waals surface area contributed by atoms with E-state index in [2.05, 4.69) is 10.6 Å². The number of carbonyl (C=O) groups excluding carboxylic acids is 1. The first-order valence-corrected chi connectivity index (χ1v) is 8.58. The van der Waals surface area contributed by atoms with Crippen molar-refractivity contribution in [2.45, 2.75) is 31.9 Å². The Kier molecular flexibility index (Phi) is 5.72. The van der Waals surface area contributed by atoms with E-state index in [1.165, 1.54) is 0 Å². The van der Waals surface area contributed by atoms with Crippen LogP contribution in [0, 0.1) is 0 Å². The van der Waals surface area contributed by atoms with Gasteiger partial charge in [-0.25, -0.2) is 0 Å². The number of amides is 1. The quantitative estimate of drug-likeness (QED) is 0.832. The van der Waals surface area contributed by atoms with Crippen LogP contribution < -0.4 is 15.4 Å². The summed E-state index contributed by atoms with van der Waals surface area (Å²) in [5.41, 5.74) is 1.68. The molecule has 4 nitrogen and oxygen atoms in total. The number of para-hydroxylation sites is 2. The number of rotatable bonds is 6. The molecule has 1 saturated heterocycles. The van der Waals surface area contributed by atoms with Gasteiger partial charge in [0.2, 0.25) is 5.91 Å². The molecule has 126 valence electrons. The Hall–Kier alpha value is -2.04. The number of ether oxygens (including phenoxy) is 1. The Balaban J connectivity index is 1.60. The molecule has 1 aliphatic rings. The van der Waals surface area contributed by atoms with E-state index in [-0.39, 0.29) is 11.9 Å². The van der Waals surface area contributed by atoms with Gasteiger partial charge in [0.25, 0.3) is 0 Å². The molecule has 2 N–H and O–H groups in total. The van der Waals surface area contributed by atoms with Crippen LogP contribution in [0.5, 0.6) is 5.75 Å². The molecular weight excluding hydrogens is 324 g/mol.